The Morgan fingerprint density at radius 2 is 1.92 bits per heavy atom. The number of thiophene rings is 1. The molecular formula is C18H17FN2O2S. The molecule has 0 unspecified atom stereocenters. The monoisotopic (exact) mass is 344 g/mol. The van der Waals surface area contributed by atoms with Gasteiger partial charge < -0.3 is 9.88 Å². The molecule has 0 bridgehead atoms. The first kappa shape index (κ1) is 16.4. The van der Waals surface area contributed by atoms with Crippen LogP contribution in [0, 0.1) is 12.7 Å². The van der Waals surface area contributed by atoms with Crippen molar-refractivity contribution in [2.24, 2.45) is 7.05 Å². The van der Waals surface area contributed by atoms with Gasteiger partial charge in [0.2, 0.25) is 0 Å². The molecule has 1 amide bonds. The zero-order chi connectivity index (χ0) is 17.4. The Labute approximate surface area is 142 Å². The van der Waals surface area contributed by atoms with Crippen molar-refractivity contribution in [3.63, 3.8) is 0 Å². The number of pyridine rings is 1. The van der Waals surface area contributed by atoms with Crippen molar-refractivity contribution in [1.82, 2.24) is 9.88 Å². The molecule has 0 aliphatic rings. The molecule has 1 aromatic carbocycles. The van der Waals surface area contributed by atoms with E-state index in [0.717, 1.165) is 15.1 Å². The van der Waals surface area contributed by atoms with Gasteiger partial charge in [0.25, 0.3) is 11.5 Å². The number of rotatable bonds is 3. The summed E-state index contributed by atoms with van der Waals surface area (Å²) in [4.78, 5) is 25.9. The second-order valence-electron chi connectivity index (χ2n) is 5.75. The summed E-state index contributed by atoms with van der Waals surface area (Å²) < 4.78 is 15.3. The zero-order valence-corrected chi connectivity index (χ0v) is 14.4. The lowest BCUT2D eigenvalue weighted by molar-refractivity contribution is 0.0941. The molecule has 0 radical (unpaired) electrons. The van der Waals surface area contributed by atoms with Crippen molar-refractivity contribution < 1.29 is 9.18 Å². The molecule has 0 spiro atoms. The first-order valence-electron chi connectivity index (χ1n) is 7.53. The Bertz CT molecular complexity index is 973. The van der Waals surface area contributed by atoms with Crippen LogP contribution in [0.25, 0.3) is 10.1 Å². The Morgan fingerprint density at radius 1 is 1.25 bits per heavy atom. The van der Waals surface area contributed by atoms with E-state index in [4.69, 9.17) is 0 Å². The van der Waals surface area contributed by atoms with E-state index in [1.807, 2.05) is 19.9 Å². The molecule has 0 fully saturated rings. The van der Waals surface area contributed by atoms with Crippen molar-refractivity contribution in [2.75, 3.05) is 0 Å². The largest absolute Gasteiger partial charge is 0.345 e. The highest BCUT2D eigenvalue weighted by Crippen LogP contribution is 2.28. The molecule has 1 N–H and O–H groups in total. The lowest BCUT2D eigenvalue weighted by Gasteiger charge is -2.14. The van der Waals surface area contributed by atoms with E-state index < -0.39 is 0 Å². The predicted octanol–water partition coefficient (Wildman–Crippen LogP) is 3.54. The third-order valence-corrected chi connectivity index (χ3v) is 5.11. The average molecular weight is 344 g/mol. The standard InChI is InChI=1S/C18H17FN2O2S/c1-10(12-4-6-13(19)7-5-12)20-17(22)15-11(2)24-14-8-9-21(3)18(23)16(14)15/h4-10H,1-3H3,(H,20,22)/t10-/m1/s1. The molecular weight excluding hydrogens is 327 g/mol. The van der Waals surface area contributed by atoms with Gasteiger partial charge in [0.15, 0.2) is 0 Å². The number of nitrogens with one attached hydrogen (secondary N) is 1. The molecule has 0 aliphatic heterocycles. The third kappa shape index (κ3) is 2.85. The molecule has 124 valence electrons. The molecule has 3 rings (SSSR count). The van der Waals surface area contributed by atoms with Crippen molar-refractivity contribution >= 4 is 27.3 Å². The molecule has 6 heteroatoms. The highest BCUT2D eigenvalue weighted by molar-refractivity contribution is 7.19. The van der Waals surface area contributed by atoms with Crippen LogP contribution in [0.15, 0.2) is 41.3 Å². The summed E-state index contributed by atoms with van der Waals surface area (Å²) in [7, 11) is 1.66. The smallest absolute Gasteiger partial charge is 0.259 e. The van der Waals surface area contributed by atoms with E-state index in [1.165, 1.54) is 28.0 Å². The maximum absolute atomic E-state index is 13.0. The van der Waals surface area contributed by atoms with Crippen LogP contribution < -0.4 is 10.9 Å². The van der Waals surface area contributed by atoms with Gasteiger partial charge in [-0.1, -0.05) is 12.1 Å². The quantitative estimate of drug-likeness (QED) is 0.790. The molecule has 0 aliphatic carbocycles. The maximum atomic E-state index is 13.0. The number of aromatic nitrogens is 1. The first-order chi connectivity index (χ1) is 11.4. The first-order valence-corrected chi connectivity index (χ1v) is 8.35. The van der Waals surface area contributed by atoms with Crippen molar-refractivity contribution in [3.8, 4) is 0 Å². The maximum Gasteiger partial charge on any atom is 0.259 e. The van der Waals surface area contributed by atoms with Crippen molar-refractivity contribution in [3.05, 3.63) is 68.7 Å². The minimum absolute atomic E-state index is 0.184. The lowest BCUT2D eigenvalue weighted by atomic mass is 10.1. The molecule has 4 nitrogen and oxygen atoms in total. The third-order valence-electron chi connectivity index (χ3n) is 4.04. The average Bonchev–Trinajstić information content (AvgIpc) is 2.88. The van der Waals surface area contributed by atoms with Crippen LogP contribution in [0.2, 0.25) is 0 Å². The predicted molar refractivity (Wildman–Crippen MR) is 94.1 cm³/mol. The van der Waals surface area contributed by atoms with E-state index >= 15 is 0 Å². The summed E-state index contributed by atoms with van der Waals surface area (Å²) in [5.41, 5.74) is 1.04. The zero-order valence-electron chi connectivity index (χ0n) is 13.6. The molecule has 2 heterocycles. The summed E-state index contributed by atoms with van der Waals surface area (Å²) >= 11 is 1.43. The summed E-state index contributed by atoms with van der Waals surface area (Å²) in [6.45, 7) is 3.66. The topological polar surface area (TPSA) is 51.1 Å². The second kappa shape index (κ2) is 6.20. The summed E-state index contributed by atoms with van der Waals surface area (Å²) in [5.74, 6) is -0.612. The number of amides is 1. The van der Waals surface area contributed by atoms with Gasteiger partial charge in [-0.25, -0.2) is 4.39 Å². The van der Waals surface area contributed by atoms with E-state index in [-0.39, 0.29) is 23.3 Å². The minimum atomic E-state index is -0.319. The van der Waals surface area contributed by atoms with Gasteiger partial charge in [-0.3, -0.25) is 9.59 Å². The highest BCUT2D eigenvalue weighted by Gasteiger charge is 2.21. The summed E-state index contributed by atoms with van der Waals surface area (Å²) in [5, 5.41) is 3.35. The van der Waals surface area contributed by atoms with Gasteiger partial charge in [-0.15, -0.1) is 11.3 Å². The van der Waals surface area contributed by atoms with Gasteiger partial charge in [0.1, 0.15) is 5.82 Å². The molecule has 2 aromatic heterocycles. The summed E-state index contributed by atoms with van der Waals surface area (Å²) in [6.07, 6.45) is 1.70. The fraction of sp³-hybridized carbons (Fsp3) is 0.222. The van der Waals surface area contributed by atoms with E-state index in [9.17, 15) is 14.0 Å². The molecule has 24 heavy (non-hydrogen) atoms. The van der Waals surface area contributed by atoms with Gasteiger partial charge in [0.05, 0.1) is 17.0 Å². The van der Waals surface area contributed by atoms with Crippen LogP contribution in [-0.2, 0) is 7.05 Å². The van der Waals surface area contributed by atoms with Crippen LogP contribution in [0.5, 0.6) is 0 Å². The number of hydrogen-bond donors (Lipinski definition) is 1. The number of nitrogens with zero attached hydrogens (tertiary/aromatic N) is 1. The van der Waals surface area contributed by atoms with Gasteiger partial charge in [-0.05, 0) is 37.6 Å². The number of hydrogen-bond acceptors (Lipinski definition) is 3. The van der Waals surface area contributed by atoms with E-state index in [1.54, 1.807) is 25.4 Å². The fourth-order valence-corrected chi connectivity index (χ4v) is 3.74. The van der Waals surface area contributed by atoms with Crippen LogP contribution in [-0.4, -0.2) is 10.5 Å². The number of halogens is 1. The SMILES string of the molecule is Cc1sc2ccn(C)c(=O)c2c1C(=O)N[C@H](C)c1ccc(F)cc1. The normalized spacial score (nSPS) is 12.3. The Kier molecular flexibility index (Phi) is 4.24. The van der Waals surface area contributed by atoms with E-state index in [2.05, 4.69) is 5.32 Å². The van der Waals surface area contributed by atoms with Crippen LogP contribution in [0.4, 0.5) is 4.39 Å². The van der Waals surface area contributed by atoms with Crippen molar-refractivity contribution in [1.29, 1.82) is 0 Å². The number of aryl methyl sites for hydroxylation is 2. The van der Waals surface area contributed by atoms with Crippen molar-refractivity contribution in [2.45, 2.75) is 19.9 Å². The Balaban J connectivity index is 1.97. The number of carbonyl (C=O) groups is 1. The fourth-order valence-electron chi connectivity index (χ4n) is 2.70. The Morgan fingerprint density at radius 3 is 2.58 bits per heavy atom. The lowest BCUT2D eigenvalue weighted by Crippen LogP contribution is -2.28. The highest BCUT2D eigenvalue weighted by atomic mass is 32.1. The minimum Gasteiger partial charge on any atom is -0.345 e. The number of fused-ring (bicyclic) bond motifs is 1. The van der Waals surface area contributed by atoms with Crippen LogP contribution >= 0.6 is 11.3 Å². The molecule has 0 saturated carbocycles. The van der Waals surface area contributed by atoms with Gasteiger partial charge >= 0.3 is 0 Å². The van der Waals surface area contributed by atoms with Crippen LogP contribution in [0.1, 0.15) is 33.8 Å². The van der Waals surface area contributed by atoms with Gasteiger partial charge in [0, 0.05) is 22.8 Å². The second-order valence-corrected chi connectivity index (χ2v) is 7.01. The Hall–Kier alpha value is -2.47. The molecule has 3 aromatic rings. The molecule has 0 saturated heterocycles. The van der Waals surface area contributed by atoms with Gasteiger partial charge in [-0.2, -0.15) is 0 Å². The summed E-state index contributed by atoms with van der Waals surface area (Å²) in [6, 6.07) is 7.54. The number of benzene rings is 1. The van der Waals surface area contributed by atoms with E-state index in [0.29, 0.717) is 10.9 Å². The number of carbonyl (C=O) groups excluding carboxylic acids is 1. The van der Waals surface area contributed by atoms with Crippen LogP contribution in [0.3, 0.4) is 0 Å². The molecule has 1 atom stereocenters.